The van der Waals surface area contributed by atoms with Crippen LogP contribution in [0.2, 0.25) is 0 Å². The van der Waals surface area contributed by atoms with Gasteiger partial charge in [-0.3, -0.25) is 0 Å². The molecule has 1 amide bonds. The van der Waals surface area contributed by atoms with E-state index >= 15 is 0 Å². The minimum Gasteiger partial charge on any atom is -0.448 e. The molecule has 4 heteroatoms. The Balaban J connectivity index is 1.73. The number of para-hydroxylation sites is 1. The lowest BCUT2D eigenvalue weighted by atomic mass is 10.3. The number of cyclic esters (lactones) is 1. The van der Waals surface area contributed by atoms with E-state index in [2.05, 4.69) is 5.32 Å². The molecule has 0 spiro atoms. The molecule has 0 aliphatic carbocycles. The average molecular weight is 206 g/mol. The second-order valence-electron chi connectivity index (χ2n) is 3.39. The third-order valence-electron chi connectivity index (χ3n) is 2.33. The van der Waals surface area contributed by atoms with Crippen molar-refractivity contribution < 1.29 is 9.53 Å². The van der Waals surface area contributed by atoms with Crippen LogP contribution >= 0.6 is 0 Å². The van der Waals surface area contributed by atoms with E-state index in [1.807, 2.05) is 30.3 Å². The Kier molecular flexibility index (Phi) is 3.07. The van der Waals surface area contributed by atoms with E-state index in [-0.39, 0.29) is 6.09 Å². The molecule has 4 nitrogen and oxygen atoms in total. The fourth-order valence-corrected chi connectivity index (χ4v) is 1.52. The molecule has 0 saturated carbocycles. The van der Waals surface area contributed by atoms with Gasteiger partial charge in [0, 0.05) is 18.8 Å². The van der Waals surface area contributed by atoms with Gasteiger partial charge in [0.2, 0.25) is 0 Å². The Labute approximate surface area is 88.8 Å². The van der Waals surface area contributed by atoms with Gasteiger partial charge in [0.05, 0.1) is 6.54 Å². The molecule has 15 heavy (non-hydrogen) atoms. The first-order chi connectivity index (χ1) is 7.36. The Morgan fingerprint density at radius 1 is 1.33 bits per heavy atom. The fourth-order valence-electron chi connectivity index (χ4n) is 1.52. The van der Waals surface area contributed by atoms with Crippen molar-refractivity contribution in [3.05, 3.63) is 30.3 Å². The normalized spacial score (nSPS) is 15.2. The van der Waals surface area contributed by atoms with Gasteiger partial charge in [0.25, 0.3) is 0 Å². The van der Waals surface area contributed by atoms with Gasteiger partial charge in [-0.1, -0.05) is 18.2 Å². The number of hydrogen-bond donors (Lipinski definition) is 1. The van der Waals surface area contributed by atoms with Gasteiger partial charge in [0.15, 0.2) is 0 Å². The number of nitrogens with one attached hydrogen (secondary N) is 1. The molecular weight excluding hydrogens is 192 g/mol. The van der Waals surface area contributed by atoms with Gasteiger partial charge < -0.3 is 15.0 Å². The van der Waals surface area contributed by atoms with E-state index in [1.54, 1.807) is 4.90 Å². The summed E-state index contributed by atoms with van der Waals surface area (Å²) in [5, 5.41) is 3.24. The molecule has 1 fully saturated rings. The number of anilines is 1. The maximum Gasteiger partial charge on any atom is 0.409 e. The number of rotatable bonds is 4. The standard InChI is InChI=1S/C11H14N2O2/c14-11-13(8-9-15-11)7-6-12-10-4-2-1-3-5-10/h1-5,12H,6-9H2. The Hall–Kier alpha value is -1.71. The maximum atomic E-state index is 11.1. The molecule has 0 unspecified atom stereocenters. The molecule has 80 valence electrons. The summed E-state index contributed by atoms with van der Waals surface area (Å²) in [5.74, 6) is 0. The van der Waals surface area contributed by atoms with Crippen LogP contribution in [0.1, 0.15) is 0 Å². The molecule has 1 heterocycles. The van der Waals surface area contributed by atoms with Crippen LogP contribution in [0, 0.1) is 0 Å². The highest BCUT2D eigenvalue weighted by atomic mass is 16.6. The zero-order valence-corrected chi connectivity index (χ0v) is 8.48. The van der Waals surface area contributed by atoms with Crippen LogP contribution < -0.4 is 5.32 Å². The van der Waals surface area contributed by atoms with Crippen molar-refractivity contribution in [1.82, 2.24) is 4.90 Å². The summed E-state index contributed by atoms with van der Waals surface area (Å²) >= 11 is 0. The van der Waals surface area contributed by atoms with Crippen LogP contribution in [-0.4, -0.2) is 37.2 Å². The SMILES string of the molecule is O=C1OCCN1CCNc1ccccc1. The summed E-state index contributed by atoms with van der Waals surface area (Å²) in [6.45, 7) is 2.66. The maximum absolute atomic E-state index is 11.1. The van der Waals surface area contributed by atoms with Crippen LogP contribution in [0.5, 0.6) is 0 Å². The second-order valence-corrected chi connectivity index (χ2v) is 3.39. The summed E-state index contributed by atoms with van der Waals surface area (Å²) in [6, 6.07) is 9.94. The monoisotopic (exact) mass is 206 g/mol. The Morgan fingerprint density at radius 3 is 2.80 bits per heavy atom. The summed E-state index contributed by atoms with van der Waals surface area (Å²) in [4.78, 5) is 12.8. The van der Waals surface area contributed by atoms with Gasteiger partial charge in [-0.2, -0.15) is 0 Å². The molecule has 1 aromatic rings. The van der Waals surface area contributed by atoms with Crippen LogP contribution in [0.15, 0.2) is 30.3 Å². The van der Waals surface area contributed by atoms with Crippen LogP contribution in [0.3, 0.4) is 0 Å². The summed E-state index contributed by atoms with van der Waals surface area (Å²) < 4.78 is 4.83. The van der Waals surface area contributed by atoms with Gasteiger partial charge >= 0.3 is 6.09 Å². The number of carbonyl (C=O) groups excluding carboxylic acids is 1. The molecule has 0 bridgehead atoms. The Bertz CT molecular complexity index is 327. The highest BCUT2D eigenvalue weighted by Gasteiger charge is 2.20. The van der Waals surface area contributed by atoms with E-state index in [0.29, 0.717) is 19.7 Å². The number of hydrogen-bond acceptors (Lipinski definition) is 3. The van der Waals surface area contributed by atoms with Crippen molar-refractivity contribution in [2.45, 2.75) is 0 Å². The highest BCUT2D eigenvalue weighted by molar-refractivity contribution is 5.69. The van der Waals surface area contributed by atoms with Crippen LogP contribution in [-0.2, 0) is 4.74 Å². The van der Waals surface area contributed by atoms with Crippen molar-refractivity contribution >= 4 is 11.8 Å². The van der Waals surface area contributed by atoms with Crippen LogP contribution in [0.4, 0.5) is 10.5 Å². The molecule has 1 aliphatic rings. The number of ether oxygens (including phenoxy) is 1. The van der Waals surface area contributed by atoms with Gasteiger partial charge in [-0.25, -0.2) is 4.79 Å². The minimum atomic E-state index is -0.204. The third kappa shape index (κ3) is 2.62. The molecule has 0 atom stereocenters. The summed E-state index contributed by atoms with van der Waals surface area (Å²) in [5.41, 5.74) is 1.07. The van der Waals surface area contributed by atoms with Crippen molar-refractivity contribution in [3.8, 4) is 0 Å². The predicted octanol–water partition coefficient (Wildman–Crippen LogP) is 1.55. The topological polar surface area (TPSA) is 41.6 Å². The third-order valence-corrected chi connectivity index (χ3v) is 2.33. The number of nitrogens with zero attached hydrogens (tertiary/aromatic N) is 1. The van der Waals surface area contributed by atoms with Crippen molar-refractivity contribution in [2.75, 3.05) is 31.6 Å². The molecule has 1 saturated heterocycles. The van der Waals surface area contributed by atoms with E-state index in [0.717, 1.165) is 12.2 Å². The molecule has 2 rings (SSSR count). The first-order valence-corrected chi connectivity index (χ1v) is 5.07. The number of benzene rings is 1. The second kappa shape index (κ2) is 4.68. The highest BCUT2D eigenvalue weighted by Crippen LogP contribution is 2.05. The zero-order chi connectivity index (χ0) is 10.5. The average Bonchev–Trinajstić information content (AvgIpc) is 2.66. The lowest BCUT2D eigenvalue weighted by Crippen LogP contribution is -2.29. The van der Waals surface area contributed by atoms with E-state index in [1.165, 1.54) is 0 Å². The lowest BCUT2D eigenvalue weighted by molar-refractivity contribution is 0.159. The smallest absolute Gasteiger partial charge is 0.409 e. The van der Waals surface area contributed by atoms with Crippen molar-refractivity contribution in [1.29, 1.82) is 0 Å². The van der Waals surface area contributed by atoms with Gasteiger partial charge in [-0.15, -0.1) is 0 Å². The van der Waals surface area contributed by atoms with E-state index in [9.17, 15) is 4.79 Å². The quantitative estimate of drug-likeness (QED) is 0.812. The fraction of sp³-hybridized carbons (Fsp3) is 0.364. The zero-order valence-electron chi connectivity index (χ0n) is 8.48. The molecule has 0 aromatic heterocycles. The largest absolute Gasteiger partial charge is 0.448 e. The predicted molar refractivity (Wildman–Crippen MR) is 57.9 cm³/mol. The van der Waals surface area contributed by atoms with Gasteiger partial charge in [0.1, 0.15) is 6.61 Å². The number of carbonyl (C=O) groups is 1. The number of amides is 1. The van der Waals surface area contributed by atoms with Crippen molar-refractivity contribution in [2.24, 2.45) is 0 Å². The van der Waals surface area contributed by atoms with Crippen molar-refractivity contribution in [3.63, 3.8) is 0 Å². The molecular formula is C11H14N2O2. The summed E-state index contributed by atoms with van der Waals surface area (Å²) in [7, 11) is 0. The first kappa shape index (κ1) is 9.83. The van der Waals surface area contributed by atoms with Crippen LogP contribution in [0.25, 0.3) is 0 Å². The van der Waals surface area contributed by atoms with Gasteiger partial charge in [-0.05, 0) is 12.1 Å². The molecule has 1 aliphatic heterocycles. The first-order valence-electron chi connectivity index (χ1n) is 5.07. The molecule has 1 N–H and O–H groups in total. The lowest BCUT2D eigenvalue weighted by Gasteiger charge is -2.13. The molecule has 1 aromatic carbocycles. The molecule has 0 radical (unpaired) electrons. The van der Waals surface area contributed by atoms with E-state index in [4.69, 9.17) is 4.74 Å². The summed E-state index contributed by atoms with van der Waals surface area (Å²) in [6.07, 6.45) is -0.204. The minimum absolute atomic E-state index is 0.204. The Morgan fingerprint density at radius 2 is 2.13 bits per heavy atom. The van der Waals surface area contributed by atoms with E-state index < -0.39 is 0 Å².